The van der Waals surface area contributed by atoms with Crippen LogP contribution >= 0.6 is 0 Å². The number of nitro groups is 1. The van der Waals surface area contributed by atoms with Gasteiger partial charge >= 0.3 is 6.18 Å². The van der Waals surface area contributed by atoms with Crippen LogP contribution in [0.2, 0.25) is 0 Å². The second-order valence-corrected chi connectivity index (χ2v) is 8.26. The zero-order chi connectivity index (χ0) is 23.4. The zero-order valence-electron chi connectivity index (χ0n) is 16.3. The lowest BCUT2D eigenvalue weighted by atomic mass is 10.1. The lowest BCUT2D eigenvalue weighted by molar-refractivity contribution is -0.384. The molecule has 0 aliphatic rings. The second-order valence-electron chi connectivity index (χ2n) is 6.35. The molecular weight excluding hydrogens is 441 g/mol. The Balaban J connectivity index is 2.18. The summed E-state index contributed by atoms with van der Waals surface area (Å²) in [4.78, 5) is 22.3. The number of nitrogens with zero attached hydrogens (tertiary/aromatic N) is 3. The number of hydrogen-bond donors (Lipinski definition) is 1. The lowest BCUT2D eigenvalue weighted by Crippen LogP contribution is -2.39. The molecule has 0 fully saturated rings. The number of hydrazone groups is 1. The van der Waals surface area contributed by atoms with Crippen molar-refractivity contribution in [2.45, 2.75) is 13.1 Å². The van der Waals surface area contributed by atoms with Gasteiger partial charge in [0, 0.05) is 12.1 Å². The summed E-state index contributed by atoms with van der Waals surface area (Å²) in [5.74, 6) is -0.899. The molecule has 0 saturated carbocycles. The first-order valence-corrected chi connectivity index (χ1v) is 10.4. The number of nitro benzene ring substituents is 1. The molecule has 9 nitrogen and oxygen atoms in total. The van der Waals surface area contributed by atoms with Crippen LogP contribution in [0, 0.1) is 10.1 Å². The monoisotopic (exact) mass is 458 g/mol. The molecule has 1 N–H and O–H groups in total. The Hall–Kier alpha value is -3.48. The molecule has 0 bridgehead atoms. The van der Waals surface area contributed by atoms with Gasteiger partial charge in [-0.15, -0.1) is 0 Å². The number of carbonyl (C=O) groups excluding carboxylic acids is 1. The summed E-state index contributed by atoms with van der Waals surface area (Å²) in [6.45, 7) is 0.694. The van der Waals surface area contributed by atoms with Crippen molar-refractivity contribution < 1.29 is 31.3 Å². The van der Waals surface area contributed by atoms with Gasteiger partial charge in [0.05, 0.1) is 28.1 Å². The molecule has 2 rings (SSSR count). The quantitative estimate of drug-likeness (QED) is 0.388. The van der Waals surface area contributed by atoms with Crippen LogP contribution in [0.15, 0.2) is 53.6 Å². The molecule has 166 valence electrons. The second kappa shape index (κ2) is 9.12. The average molecular weight is 458 g/mol. The molecule has 0 heterocycles. The van der Waals surface area contributed by atoms with Crippen LogP contribution in [0.5, 0.6) is 0 Å². The van der Waals surface area contributed by atoms with Gasteiger partial charge in [0.15, 0.2) is 0 Å². The lowest BCUT2D eigenvalue weighted by Gasteiger charge is -2.22. The molecule has 0 radical (unpaired) electrons. The summed E-state index contributed by atoms with van der Waals surface area (Å²) in [6, 6.07) is 8.88. The predicted molar refractivity (Wildman–Crippen MR) is 107 cm³/mol. The summed E-state index contributed by atoms with van der Waals surface area (Å²) in [6.07, 6.45) is -3.93. The number of alkyl halides is 3. The number of carbonyl (C=O) groups is 1. The summed E-state index contributed by atoms with van der Waals surface area (Å²) in [7, 11) is -4.09. The number of amides is 1. The van der Waals surface area contributed by atoms with Crippen LogP contribution in [0.25, 0.3) is 0 Å². The van der Waals surface area contributed by atoms with Gasteiger partial charge in [0.25, 0.3) is 11.6 Å². The predicted octanol–water partition coefficient (Wildman–Crippen LogP) is 2.92. The number of non-ortho nitro benzene ring substituents is 1. The van der Waals surface area contributed by atoms with Gasteiger partial charge in [-0.2, -0.15) is 18.3 Å². The highest BCUT2D eigenvalue weighted by molar-refractivity contribution is 7.92. The van der Waals surface area contributed by atoms with Gasteiger partial charge in [0.1, 0.15) is 6.54 Å². The van der Waals surface area contributed by atoms with E-state index in [4.69, 9.17) is 0 Å². The van der Waals surface area contributed by atoms with Crippen molar-refractivity contribution in [3.8, 4) is 0 Å². The summed E-state index contributed by atoms with van der Waals surface area (Å²) < 4.78 is 63.4. The number of benzene rings is 2. The van der Waals surface area contributed by atoms with Crippen molar-refractivity contribution >= 4 is 33.0 Å². The molecule has 13 heteroatoms. The topological polar surface area (TPSA) is 122 Å². The molecule has 0 unspecified atom stereocenters. The summed E-state index contributed by atoms with van der Waals surface area (Å²) in [5.41, 5.74) is 1.33. The Kier molecular flexibility index (Phi) is 7.00. The number of hydrogen-bond acceptors (Lipinski definition) is 6. The SMILES string of the molecule is C/C(=N/NC(=O)CN(c1cccc(C(F)(F)F)c1)S(C)(=O)=O)c1ccc([N+](=O)[O-])cc1. The number of anilines is 1. The normalized spacial score (nSPS) is 12.4. The van der Waals surface area contributed by atoms with E-state index in [2.05, 4.69) is 10.5 Å². The molecule has 0 saturated heterocycles. The molecule has 1 amide bonds. The Morgan fingerprint density at radius 3 is 2.32 bits per heavy atom. The van der Waals surface area contributed by atoms with Crippen LogP contribution in [0.4, 0.5) is 24.5 Å². The Morgan fingerprint density at radius 1 is 1.19 bits per heavy atom. The zero-order valence-corrected chi connectivity index (χ0v) is 17.1. The fourth-order valence-corrected chi connectivity index (χ4v) is 3.29. The largest absolute Gasteiger partial charge is 0.416 e. The van der Waals surface area contributed by atoms with E-state index in [9.17, 15) is 36.5 Å². The third-order valence-corrected chi connectivity index (χ3v) is 5.13. The number of sulfonamides is 1. The molecule has 2 aromatic carbocycles. The van der Waals surface area contributed by atoms with Crippen molar-refractivity contribution in [2.75, 3.05) is 17.1 Å². The van der Waals surface area contributed by atoms with E-state index in [0.29, 0.717) is 15.9 Å². The Bertz CT molecular complexity index is 1120. The van der Waals surface area contributed by atoms with Crippen LogP contribution in [0.1, 0.15) is 18.1 Å². The maximum absolute atomic E-state index is 12.9. The fourth-order valence-electron chi connectivity index (χ4n) is 2.44. The van der Waals surface area contributed by atoms with Crippen LogP contribution in [-0.2, 0) is 21.0 Å². The number of halogens is 3. The van der Waals surface area contributed by atoms with Crippen molar-refractivity contribution in [3.63, 3.8) is 0 Å². The van der Waals surface area contributed by atoms with E-state index < -0.39 is 39.1 Å². The first-order chi connectivity index (χ1) is 14.3. The maximum atomic E-state index is 12.9. The third-order valence-electron chi connectivity index (χ3n) is 3.99. The van der Waals surface area contributed by atoms with Gasteiger partial charge < -0.3 is 0 Å². The van der Waals surface area contributed by atoms with Crippen LogP contribution in [-0.4, -0.2) is 37.8 Å². The van der Waals surface area contributed by atoms with E-state index in [1.54, 1.807) is 0 Å². The minimum atomic E-state index is -4.69. The number of nitrogens with one attached hydrogen (secondary N) is 1. The number of rotatable bonds is 7. The van der Waals surface area contributed by atoms with Gasteiger partial charge in [-0.3, -0.25) is 19.2 Å². The smallest absolute Gasteiger partial charge is 0.271 e. The molecule has 0 atom stereocenters. The molecular formula is C18H17F3N4O5S. The van der Waals surface area contributed by atoms with Crippen LogP contribution < -0.4 is 9.73 Å². The Labute approximate surface area is 175 Å². The summed E-state index contributed by atoms with van der Waals surface area (Å²) in [5, 5.41) is 14.5. The Morgan fingerprint density at radius 2 is 1.81 bits per heavy atom. The first-order valence-electron chi connectivity index (χ1n) is 8.52. The van der Waals surface area contributed by atoms with E-state index in [1.165, 1.54) is 31.2 Å². The van der Waals surface area contributed by atoms with E-state index in [-0.39, 0.29) is 17.1 Å². The summed E-state index contributed by atoms with van der Waals surface area (Å²) >= 11 is 0. The molecule has 0 aromatic heterocycles. The average Bonchev–Trinajstić information content (AvgIpc) is 2.69. The van der Waals surface area contributed by atoms with E-state index in [1.807, 2.05) is 0 Å². The standard InChI is InChI=1S/C18H17F3N4O5S/c1-12(13-6-8-15(9-7-13)25(27)28)22-23-17(26)11-24(31(2,29)30)16-5-3-4-14(10-16)18(19,20)21/h3-10H,11H2,1-2H3,(H,23,26)/b22-12-. The van der Waals surface area contributed by atoms with Crippen molar-refractivity contribution in [2.24, 2.45) is 5.10 Å². The highest BCUT2D eigenvalue weighted by Crippen LogP contribution is 2.32. The minimum absolute atomic E-state index is 0.134. The molecule has 0 aliphatic heterocycles. The van der Waals surface area contributed by atoms with Crippen molar-refractivity contribution in [3.05, 3.63) is 69.8 Å². The fraction of sp³-hybridized carbons (Fsp3) is 0.222. The molecule has 2 aromatic rings. The van der Waals surface area contributed by atoms with Crippen molar-refractivity contribution in [1.82, 2.24) is 5.43 Å². The minimum Gasteiger partial charge on any atom is -0.271 e. The highest BCUT2D eigenvalue weighted by atomic mass is 32.2. The first kappa shape index (κ1) is 23.8. The van der Waals surface area contributed by atoms with E-state index >= 15 is 0 Å². The maximum Gasteiger partial charge on any atom is 0.416 e. The van der Waals surface area contributed by atoms with Crippen molar-refractivity contribution in [1.29, 1.82) is 0 Å². The third kappa shape index (κ3) is 6.50. The molecule has 0 spiro atoms. The van der Waals surface area contributed by atoms with Gasteiger partial charge in [-0.25, -0.2) is 13.8 Å². The molecule has 0 aliphatic carbocycles. The van der Waals surface area contributed by atoms with Gasteiger partial charge in [-0.05, 0) is 42.8 Å². The molecule has 31 heavy (non-hydrogen) atoms. The van der Waals surface area contributed by atoms with E-state index in [0.717, 1.165) is 24.5 Å². The van der Waals surface area contributed by atoms with Gasteiger partial charge in [-0.1, -0.05) is 6.07 Å². The van der Waals surface area contributed by atoms with Gasteiger partial charge in [0.2, 0.25) is 10.0 Å². The van der Waals surface area contributed by atoms with Crippen LogP contribution in [0.3, 0.4) is 0 Å². The highest BCUT2D eigenvalue weighted by Gasteiger charge is 2.32.